The molecule has 5 unspecified atom stereocenters. The Balaban J connectivity index is 1.72. The van der Waals surface area contributed by atoms with Gasteiger partial charge in [0.2, 0.25) is 10.0 Å². The van der Waals surface area contributed by atoms with Crippen LogP contribution in [0.25, 0.3) is 0 Å². The summed E-state index contributed by atoms with van der Waals surface area (Å²) < 4.78 is 31.2. The molecule has 0 radical (unpaired) electrons. The van der Waals surface area contributed by atoms with E-state index < -0.39 is 10.0 Å². The molecule has 1 aliphatic heterocycles. The molecule has 5 atom stereocenters. The molecule has 32 heavy (non-hydrogen) atoms. The molecule has 1 saturated carbocycles. The number of rotatable bonds is 6. The number of sulfonamides is 1. The number of hydrogen-bond donors (Lipinski definition) is 2. The van der Waals surface area contributed by atoms with Crippen molar-refractivity contribution < 1.29 is 13.2 Å². The first-order valence-corrected chi connectivity index (χ1v) is 13.3. The molecule has 0 aromatic heterocycles. The van der Waals surface area contributed by atoms with Crippen molar-refractivity contribution in [2.24, 2.45) is 17.6 Å². The van der Waals surface area contributed by atoms with Gasteiger partial charge in [0.1, 0.15) is 5.75 Å². The molecule has 7 heteroatoms. The second-order valence-electron chi connectivity index (χ2n) is 9.29. The highest BCUT2D eigenvalue weighted by molar-refractivity contribution is 7.92. The van der Waals surface area contributed by atoms with Gasteiger partial charge in [0.15, 0.2) is 0 Å². The maximum atomic E-state index is 12.1. The van der Waals surface area contributed by atoms with Gasteiger partial charge < -0.3 is 15.8 Å². The topological polar surface area (TPSA) is 84.7 Å². The van der Waals surface area contributed by atoms with Crippen LogP contribution in [0, 0.1) is 11.8 Å². The lowest BCUT2D eigenvalue weighted by molar-refractivity contribution is 0.107. The molecule has 6 nitrogen and oxygen atoms in total. The zero-order valence-electron chi connectivity index (χ0n) is 19.2. The highest BCUT2D eigenvalue weighted by Crippen LogP contribution is 2.46. The van der Waals surface area contributed by atoms with E-state index in [1.54, 1.807) is 20.2 Å². The molecule has 0 spiro atoms. The van der Waals surface area contributed by atoms with Crippen LogP contribution in [0.1, 0.15) is 55.3 Å². The Kier molecular flexibility index (Phi) is 6.79. The van der Waals surface area contributed by atoms with Gasteiger partial charge in [-0.1, -0.05) is 43.2 Å². The van der Waals surface area contributed by atoms with Crippen LogP contribution in [-0.2, 0) is 10.0 Å². The van der Waals surface area contributed by atoms with Crippen LogP contribution in [0.4, 0.5) is 5.69 Å². The number of ether oxygens (including phenoxy) is 1. The second-order valence-corrected chi connectivity index (χ2v) is 11.3. The summed E-state index contributed by atoms with van der Waals surface area (Å²) in [4.78, 5) is 0. The van der Waals surface area contributed by atoms with Crippen LogP contribution < -0.4 is 20.1 Å². The average Bonchev–Trinajstić information content (AvgIpc) is 2.81. The largest absolute Gasteiger partial charge is 0.496 e. The summed E-state index contributed by atoms with van der Waals surface area (Å²) in [5.74, 6) is 1.48. The minimum absolute atomic E-state index is 0.145. The predicted octanol–water partition coefficient (Wildman–Crippen LogP) is 4.00. The molecule has 4 rings (SSSR count). The van der Waals surface area contributed by atoms with E-state index in [1.807, 2.05) is 18.2 Å². The van der Waals surface area contributed by atoms with Gasteiger partial charge in [0, 0.05) is 30.7 Å². The van der Waals surface area contributed by atoms with E-state index in [9.17, 15) is 8.42 Å². The Morgan fingerprint density at radius 2 is 1.84 bits per heavy atom. The predicted molar refractivity (Wildman–Crippen MR) is 129 cm³/mol. The van der Waals surface area contributed by atoms with Crippen LogP contribution in [0.3, 0.4) is 0 Å². The maximum Gasteiger partial charge on any atom is 0.231 e. The third-order valence-corrected chi connectivity index (χ3v) is 8.56. The summed E-state index contributed by atoms with van der Waals surface area (Å²) >= 11 is 0. The number of benzene rings is 2. The molecule has 1 heterocycles. The monoisotopic (exact) mass is 457 g/mol. The Morgan fingerprint density at radius 3 is 2.53 bits per heavy atom. The molecule has 1 saturated heterocycles. The zero-order valence-corrected chi connectivity index (χ0v) is 20.0. The summed E-state index contributed by atoms with van der Waals surface area (Å²) in [7, 11) is -0.174. The SMILES string of the molecule is COc1ccc(N(C)S(C)(=O)=O)cc1C(N)C1CC2CCCCC2NC1c1ccccc1. The molecule has 2 aromatic carbocycles. The number of piperidine rings is 1. The van der Waals surface area contributed by atoms with Gasteiger partial charge in [0.25, 0.3) is 0 Å². The van der Waals surface area contributed by atoms with Crippen molar-refractivity contribution in [2.75, 3.05) is 24.7 Å². The highest BCUT2D eigenvalue weighted by Gasteiger charge is 2.41. The fraction of sp³-hybridized carbons (Fsp3) is 0.520. The maximum absolute atomic E-state index is 12.1. The van der Waals surface area contributed by atoms with Gasteiger partial charge in [-0.3, -0.25) is 4.31 Å². The standard InChI is InChI=1S/C25H35N3O3S/c1-28(32(3,29)30)19-13-14-23(31-2)20(16-19)24(26)21-15-18-11-7-8-12-22(18)27-25(21)17-9-5-4-6-10-17/h4-6,9-10,13-14,16,18,21-22,24-25,27H,7-8,11-12,15,26H2,1-3H3. The van der Waals surface area contributed by atoms with Gasteiger partial charge in [0.05, 0.1) is 19.1 Å². The Morgan fingerprint density at radius 1 is 1.12 bits per heavy atom. The van der Waals surface area contributed by atoms with Crippen molar-refractivity contribution in [3.8, 4) is 5.75 Å². The first kappa shape index (κ1) is 23.1. The first-order chi connectivity index (χ1) is 15.3. The van der Waals surface area contributed by atoms with E-state index >= 15 is 0 Å². The lowest BCUT2D eigenvalue weighted by Gasteiger charge is -2.47. The van der Waals surface area contributed by atoms with Crippen LogP contribution in [0.5, 0.6) is 5.75 Å². The third kappa shape index (κ3) is 4.65. The number of anilines is 1. The molecule has 2 aromatic rings. The number of nitrogens with two attached hydrogens (primary N) is 1. The summed E-state index contributed by atoms with van der Waals surface area (Å²) in [6.07, 6.45) is 7.26. The molecule has 1 aliphatic carbocycles. The van der Waals surface area contributed by atoms with E-state index in [-0.39, 0.29) is 18.0 Å². The fourth-order valence-electron chi connectivity index (χ4n) is 5.51. The normalized spacial score (nSPS) is 26.8. The van der Waals surface area contributed by atoms with Crippen LogP contribution in [0.2, 0.25) is 0 Å². The minimum atomic E-state index is -3.37. The van der Waals surface area contributed by atoms with Gasteiger partial charge in [-0.15, -0.1) is 0 Å². The zero-order chi connectivity index (χ0) is 22.9. The first-order valence-electron chi connectivity index (χ1n) is 11.5. The molecular formula is C25H35N3O3S. The molecule has 2 fully saturated rings. The number of fused-ring (bicyclic) bond motifs is 1. The number of nitrogens with zero attached hydrogens (tertiary/aromatic N) is 1. The number of methoxy groups -OCH3 is 1. The van der Waals surface area contributed by atoms with Crippen LogP contribution >= 0.6 is 0 Å². The van der Waals surface area contributed by atoms with Crippen molar-refractivity contribution in [1.82, 2.24) is 5.32 Å². The Hall–Kier alpha value is -2.09. The van der Waals surface area contributed by atoms with E-state index in [0.29, 0.717) is 23.4 Å². The van der Waals surface area contributed by atoms with Crippen molar-refractivity contribution in [3.63, 3.8) is 0 Å². The van der Waals surface area contributed by atoms with Gasteiger partial charge in [-0.2, -0.15) is 0 Å². The number of nitrogens with one attached hydrogen (secondary N) is 1. The molecule has 0 bridgehead atoms. The van der Waals surface area contributed by atoms with Crippen LogP contribution in [0.15, 0.2) is 48.5 Å². The Labute approximate surface area is 192 Å². The van der Waals surface area contributed by atoms with E-state index in [1.165, 1.54) is 41.8 Å². The molecule has 3 N–H and O–H groups in total. The Bertz CT molecular complexity index is 1030. The van der Waals surface area contributed by atoms with Crippen molar-refractivity contribution in [1.29, 1.82) is 0 Å². The summed E-state index contributed by atoms with van der Waals surface area (Å²) in [6, 6.07) is 16.4. The second kappa shape index (κ2) is 9.41. The lowest BCUT2D eigenvalue weighted by atomic mass is 9.69. The highest BCUT2D eigenvalue weighted by atomic mass is 32.2. The molecule has 2 aliphatic rings. The third-order valence-electron chi connectivity index (χ3n) is 7.36. The van der Waals surface area contributed by atoms with E-state index in [0.717, 1.165) is 12.0 Å². The van der Waals surface area contributed by atoms with Gasteiger partial charge >= 0.3 is 0 Å². The van der Waals surface area contributed by atoms with Crippen molar-refractivity contribution in [3.05, 3.63) is 59.7 Å². The summed E-state index contributed by atoms with van der Waals surface area (Å²) in [6.45, 7) is 0. The summed E-state index contributed by atoms with van der Waals surface area (Å²) in [5.41, 5.74) is 9.68. The average molecular weight is 458 g/mol. The molecular weight excluding hydrogens is 422 g/mol. The summed E-state index contributed by atoms with van der Waals surface area (Å²) in [5, 5.41) is 3.94. The molecule has 0 amide bonds. The lowest BCUT2D eigenvalue weighted by Crippen LogP contribution is -2.51. The van der Waals surface area contributed by atoms with E-state index in [2.05, 4.69) is 29.6 Å². The quantitative estimate of drug-likeness (QED) is 0.685. The van der Waals surface area contributed by atoms with Crippen LogP contribution in [-0.4, -0.2) is 34.9 Å². The van der Waals surface area contributed by atoms with Crippen molar-refractivity contribution in [2.45, 2.75) is 50.2 Å². The fourth-order valence-corrected chi connectivity index (χ4v) is 6.00. The number of hydrogen-bond acceptors (Lipinski definition) is 5. The smallest absolute Gasteiger partial charge is 0.231 e. The minimum Gasteiger partial charge on any atom is -0.496 e. The van der Waals surface area contributed by atoms with Gasteiger partial charge in [-0.05, 0) is 54.9 Å². The van der Waals surface area contributed by atoms with Crippen molar-refractivity contribution >= 4 is 15.7 Å². The van der Waals surface area contributed by atoms with E-state index in [4.69, 9.17) is 10.5 Å². The molecule has 174 valence electrons. The van der Waals surface area contributed by atoms with Gasteiger partial charge in [-0.25, -0.2) is 8.42 Å².